The first-order valence-electron chi connectivity index (χ1n) is 21.4. The number of nitrogens with zero attached hydrogens (tertiary/aromatic N) is 2. The molecule has 0 radical (unpaired) electrons. The molecule has 0 bridgehead atoms. The van der Waals surface area contributed by atoms with E-state index in [9.17, 15) is 0 Å². The molecular weight excluding hydrogens is 699 g/mol. The highest BCUT2D eigenvalue weighted by Crippen LogP contribution is 2.48. The molecule has 6 aromatic carbocycles. The lowest BCUT2D eigenvalue weighted by molar-refractivity contribution is 0.590. The number of aryl methyl sites for hydroxylation is 4. The maximum Gasteiger partial charge on any atom is 0.332 e. The summed E-state index contributed by atoms with van der Waals surface area (Å²) in [5, 5.41) is 4.06. The Morgan fingerprint density at radius 1 is 0.466 bits per heavy atom. The van der Waals surface area contributed by atoms with Crippen LogP contribution in [-0.4, -0.2) is 15.9 Å². The van der Waals surface area contributed by atoms with Gasteiger partial charge in [0, 0.05) is 44.2 Å². The summed E-state index contributed by atoms with van der Waals surface area (Å²) in [6.07, 6.45) is 0. The van der Waals surface area contributed by atoms with E-state index in [2.05, 4.69) is 197 Å². The third-order valence-electron chi connectivity index (χ3n) is 13.6. The lowest BCUT2D eigenvalue weighted by Crippen LogP contribution is -2.56. The van der Waals surface area contributed by atoms with Crippen molar-refractivity contribution in [2.24, 2.45) is 0 Å². The molecule has 3 heteroatoms. The Balaban J connectivity index is 1.39. The highest BCUT2D eigenvalue weighted by molar-refractivity contribution is 6.89. The van der Waals surface area contributed by atoms with Crippen molar-refractivity contribution in [3.8, 4) is 39.1 Å². The molecule has 10 rings (SSSR count). The van der Waals surface area contributed by atoms with Crippen LogP contribution in [0.15, 0.2) is 91.0 Å². The third-order valence-corrected chi connectivity index (χ3v) is 13.6. The van der Waals surface area contributed by atoms with Gasteiger partial charge in [-0.15, -0.1) is 0 Å². The number of aromatic nitrogens is 2. The number of rotatable bonds is 2. The van der Waals surface area contributed by atoms with E-state index in [0.717, 1.165) is 0 Å². The summed E-state index contributed by atoms with van der Waals surface area (Å²) in [6.45, 7) is 32.6. The van der Waals surface area contributed by atoms with Crippen LogP contribution in [0.25, 0.3) is 71.8 Å². The molecule has 4 heterocycles. The normalized spacial score (nSPS) is 13.7. The van der Waals surface area contributed by atoms with E-state index in [1.54, 1.807) is 0 Å². The van der Waals surface area contributed by atoms with E-state index in [-0.39, 0.29) is 23.1 Å². The zero-order chi connectivity index (χ0) is 41.1. The molecule has 2 aromatic heterocycles. The molecule has 290 valence electrons. The van der Waals surface area contributed by atoms with Crippen molar-refractivity contribution in [1.29, 1.82) is 0 Å². The van der Waals surface area contributed by atoms with Gasteiger partial charge in [0.1, 0.15) is 0 Å². The Morgan fingerprint density at radius 3 is 1.71 bits per heavy atom. The largest absolute Gasteiger partial charge is 0.379 e. The second-order valence-electron chi connectivity index (χ2n) is 21.0. The van der Waals surface area contributed by atoms with E-state index in [4.69, 9.17) is 0 Å². The van der Waals surface area contributed by atoms with Gasteiger partial charge in [-0.3, -0.25) is 0 Å². The first kappa shape index (κ1) is 37.0. The highest BCUT2D eigenvalue weighted by Gasteiger charge is 2.43. The predicted molar refractivity (Wildman–Crippen MR) is 253 cm³/mol. The molecule has 2 aliphatic heterocycles. The molecular formula is C55H57BN2. The minimum Gasteiger partial charge on any atom is -0.379 e. The monoisotopic (exact) mass is 756 g/mol. The quantitative estimate of drug-likeness (QED) is 0.156. The average Bonchev–Trinajstić information content (AvgIpc) is 3.62. The van der Waals surface area contributed by atoms with Gasteiger partial charge in [0.2, 0.25) is 0 Å². The van der Waals surface area contributed by atoms with Gasteiger partial charge in [0.05, 0.1) is 11.0 Å². The summed E-state index contributed by atoms with van der Waals surface area (Å²) in [5.41, 5.74) is 27.0. The van der Waals surface area contributed by atoms with Crippen molar-refractivity contribution < 1.29 is 0 Å². The van der Waals surface area contributed by atoms with E-state index < -0.39 is 0 Å². The van der Waals surface area contributed by atoms with Gasteiger partial charge in [0.25, 0.3) is 0 Å². The van der Waals surface area contributed by atoms with Crippen molar-refractivity contribution in [3.63, 3.8) is 0 Å². The summed E-state index contributed by atoms with van der Waals surface area (Å²) in [6, 6.07) is 36.4. The molecule has 0 spiro atoms. The van der Waals surface area contributed by atoms with Gasteiger partial charge in [-0.25, -0.2) is 0 Å². The van der Waals surface area contributed by atoms with Crippen LogP contribution in [0, 0.1) is 34.6 Å². The second-order valence-corrected chi connectivity index (χ2v) is 21.0. The molecule has 0 unspecified atom stereocenters. The summed E-state index contributed by atoms with van der Waals surface area (Å²) in [4.78, 5) is 0. The van der Waals surface area contributed by atoms with Gasteiger partial charge >= 0.3 is 6.85 Å². The molecule has 0 aliphatic carbocycles. The first-order chi connectivity index (χ1) is 27.2. The van der Waals surface area contributed by atoms with Crippen LogP contribution in [0.2, 0.25) is 0 Å². The Kier molecular flexibility index (Phi) is 7.60. The zero-order valence-corrected chi connectivity index (χ0v) is 37.1. The smallest absolute Gasteiger partial charge is 0.332 e. The number of benzene rings is 6. The number of hydrogen-bond acceptors (Lipinski definition) is 0. The molecule has 0 fully saturated rings. The Hall–Kier alpha value is -5.28. The Bertz CT molecular complexity index is 3060. The number of hydrogen-bond donors (Lipinski definition) is 0. The molecule has 0 saturated heterocycles. The van der Waals surface area contributed by atoms with Crippen LogP contribution < -0.4 is 10.9 Å². The molecule has 58 heavy (non-hydrogen) atoms. The maximum absolute atomic E-state index is 2.76. The van der Waals surface area contributed by atoms with Crippen LogP contribution in [0.3, 0.4) is 0 Å². The van der Waals surface area contributed by atoms with E-state index in [1.165, 1.54) is 127 Å². The van der Waals surface area contributed by atoms with Crippen molar-refractivity contribution >= 4 is 50.5 Å². The fourth-order valence-electron chi connectivity index (χ4n) is 10.7. The van der Waals surface area contributed by atoms with Crippen LogP contribution in [-0.2, 0) is 16.2 Å². The van der Waals surface area contributed by atoms with E-state index in [1.807, 2.05) is 0 Å². The van der Waals surface area contributed by atoms with E-state index in [0.29, 0.717) is 0 Å². The zero-order valence-electron chi connectivity index (χ0n) is 37.1. The van der Waals surface area contributed by atoms with Crippen LogP contribution in [0.1, 0.15) is 107 Å². The van der Waals surface area contributed by atoms with Crippen molar-refractivity contribution in [2.75, 3.05) is 0 Å². The SMILES string of the molecule is Cc1cc(C)c(-c2c(C)n3c4c(cc(-c5ccc(C(C)(C)C)cc5)cc24)-c2cc(C)cc4c2B3c2cc(C(C)(C)C)cc3c5cc(C(C)(C)C)ccc5n-4c23)c(C)c1. The Morgan fingerprint density at radius 2 is 1.07 bits per heavy atom. The topological polar surface area (TPSA) is 9.86 Å². The van der Waals surface area contributed by atoms with Crippen LogP contribution in [0.4, 0.5) is 0 Å². The standard InChI is InChI=1S/C55H57BN2/c1-30-21-32(3)48(33(4)22-30)49-34(5)58-51-42(25-36(26-44(49)51)35-15-17-37(18-16-35)53(6,7)8)41-23-31(2)24-47-50(41)56(58)45-29-39(55(12,13)14)28-43-40-27-38(54(9,10)11)19-20-46(40)57(47)52(43)45/h15-29H,1-14H3. The fourth-order valence-corrected chi connectivity index (χ4v) is 10.7. The molecule has 0 saturated carbocycles. The Labute approximate surface area is 346 Å². The van der Waals surface area contributed by atoms with Gasteiger partial charge in [-0.2, -0.15) is 0 Å². The highest BCUT2D eigenvalue weighted by atomic mass is 15.0. The van der Waals surface area contributed by atoms with Crippen molar-refractivity contribution in [3.05, 3.63) is 136 Å². The molecule has 2 aliphatic rings. The number of fused-ring (bicyclic) bond motifs is 7. The summed E-state index contributed by atoms with van der Waals surface area (Å²) in [5.74, 6) is 0. The molecule has 0 amide bonds. The molecule has 0 atom stereocenters. The fraction of sp³-hybridized carbons (Fsp3) is 0.309. The summed E-state index contributed by atoms with van der Waals surface area (Å²) in [7, 11) is 0. The van der Waals surface area contributed by atoms with E-state index >= 15 is 0 Å². The minimum atomic E-state index is -0.0243. The van der Waals surface area contributed by atoms with Gasteiger partial charge < -0.3 is 9.05 Å². The third kappa shape index (κ3) is 5.17. The maximum atomic E-state index is 2.76. The van der Waals surface area contributed by atoms with Gasteiger partial charge in [-0.05, 0) is 154 Å². The minimum absolute atomic E-state index is 0.0243. The van der Waals surface area contributed by atoms with Crippen molar-refractivity contribution in [1.82, 2.24) is 9.05 Å². The summed E-state index contributed by atoms with van der Waals surface area (Å²) >= 11 is 0. The van der Waals surface area contributed by atoms with Gasteiger partial charge in [-0.1, -0.05) is 122 Å². The van der Waals surface area contributed by atoms with Crippen LogP contribution >= 0.6 is 0 Å². The molecule has 0 N–H and O–H groups in total. The lowest BCUT2D eigenvalue weighted by Gasteiger charge is -2.35. The van der Waals surface area contributed by atoms with Gasteiger partial charge in [0.15, 0.2) is 0 Å². The van der Waals surface area contributed by atoms with Crippen LogP contribution in [0.5, 0.6) is 0 Å². The second kappa shape index (κ2) is 11.9. The first-order valence-corrected chi connectivity index (χ1v) is 21.4. The van der Waals surface area contributed by atoms with Crippen molar-refractivity contribution in [2.45, 2.75) is 113 Å². The lowest BCUT2D eigenvalue weighted by atomic mass is 9.45. The average molecular weight is 757 g/mol. The summed E-state index contributed by atoms with van der Waals surface area (Å²) < 4.78 is 5.39. The molecule has 2 nitrogen and oxygen atoms in total. The molecule has 8 aromatic rings. The predicted octanol–water partition coefficient (Wildman–Crippen LogP) is 13.5.